The monoisotopic (exact) mass is 374 g/mol. The molecule has 0 radical (unpaired) electrons. The van der Waals surface area contributed by atoms with Crippen molar-refractivity contribution in [1.82, 2.24) is 0 Å². The molecule has 26 heavy (non-hydrogen) atoms. The largest absolute Gasteiger partial charge is 0.460 e. The maximum Gasteiger partial charge on any atom is 0.310 e. The lowest BCUT2D eigenvalue weighted by molar-refractivity contribution is -0.147. The number of hydrogen-bond donors (Lipinski definition) is 0. The predicted octanol–water partition coefficient (Wildman–Crippen LogP) is 4.67. The van der Waals surface area contributed by atoms with Gasteiger partial charge in [-0.3, -0.25) is 4.79 Å². The lowest BCUT2D eigenvalue weighted by atomic mass is 10.1. The molecule has 0 heterocycles. The molecule has 0 N–H and O–H groups in total. The molecule has 1 saturated carbocycles. The Labute approximate surface area is 150 Å². The summed E-state index contributed by atoms with van der Waals surface area (Å²) in [5, 5.41) is 0. The minimum Gasteiger partial charge on any atom is -0.460 e. The molecule has 2 atom stereocenters. The van der Waals surface area contributed by atoms with Gasteiger partial charge in [-0.25, -0.2) is 17.6 Å². The normalized spacial score (nSPS) is 20.7. The topological polar surface area (TPSA) is 35.5 Å². The third-order valence-electron chi connectivity index (χ3n) is 4.77. The first kappa shape index (κ1) is 20.4. The zero-order chi connectivity index (χ0) is 19.8. The number of halogens is 4. The smallest absolute Gasteiger partial charge is 0.310 e. The van der Waals surface area contributed by atoms with Crippen LogP contribution >= 0.6 is 0 Å². The maximum atomic E-state index is 14.1. The van der Waals surface area contributed by atoms with E-state index in [4.69, 9.17) is 4.74 Å². The summed E-state index contributed by atoms with van der Waals surface area (Å²) in [5.41, 5.74) is -1.10. The van der Waals surface area contributed by atoms with E-state index in [-0.39, 0.29) is 11.3 Å². The summed E-state index contributed by atoms with van der Waals surface area (Å²) in [6.07, 6.45) is 1.94. The van der Waals surface area contributed by atoms with Gasteiger partial charge >= 0.3 is 5.97 Å². The van der Waals surface area contributed by atoms with Crippen molar-refractivity contribution in [2.24, 2.45) is 17.3 Å². The predicted molar refractivity (Wildman–Crippen MR) is 87.0 cm³/mol. The number of carbonyl (C=O) groups excluding carboxylic acids is 1. The van der Waals surface area contributed by atoms with Crippen LogP contribution in [0.2, 0.25) is 0 Å². The van der Waals surface area contributed by atoms with Gasteiger partial charge in [0.05, 0.1) is 23.7 Å². The lowest BCUT2D eigenvalue weighted by Gasteiger charge is -2.12. The van der Waals surface area contributed by atoms with E-state index >= 15 is 0 Å². The van der Waals surface area contributed by atoms with E-state index in [1.807, 2.05) is 33.8 Å². The number of ether oxygens (including phenoxy) is 2. The van der Waals surface area contributed by atoms with E-state index in [1.165, 1.54) is 0 Å². The van der Waals surface area contributed by atoms with Gasteiger partial charge in [-0.2, -0.15) is 0 Å². The fourth-order valence-electron chi connectivity index (χ4n) is 3.15. The standard InChI is InChI=1S/C19H22F4O3/c1-9(2)6-12-13(19(12,3)4)18(24)26-8-11-16(22)14(20)10(7-25-5)15(21)17(11)23/h6,12-13H,7-8H2,1-5H3/t12-,13-/m0/s1. The van der Waals surface area contributed by atoms with Crippen LogP contribution in [0.1, 0.15) is 38.8 Å². The summed E-state index contributed by atoms with van der Waals surface area (Å²) in [6.45, 7) is 6.05. The van der Waals surface area contributed by atoms with E-state index in [0.717, 1.165) is 12.7 Å². The van der Waals surface area contributed by atoms with Gasteiger partial charge in [0.2, 0.25) is 0 Å². The lowest BCUT2D eigenvalue weighted by Crippen LogP contribution is -2.15. The van der Waals surface area contributed by atoms with E-state index in [1.54, 1.807) is 0 Å². The number of carbonyl (C=O) groups is 1. The van der Waals surface area contributed by atoms with Crippen molar-refractivity contribution in [2.75, 3.05) is 7.11 Å². The molecule has 1 aliphatic carbocycles. The van der Waals surface area contributed by atoms with E-state index in [0.29, 0.717) is 0 Å². The highest BCUT2D eigenvalue weighted by molar-refractivity contribution is 5.78. The molecule has 0 aliphatic heterocycles. The van der Waals surface area contributed by atoms with Crippen molar-refractivity contribution in [3.8, 4) is 0 Å². The Morgan fingerprint density at radius 3 is 1.88 bits per heavy atom. The molecule has 1 fully saturated rings. The van der Waals surface area contributed by atoms with Crippen LogP contribution in [0.5, 0.6) is 0 Å². The quantitative estimate of drug-likeness (QED) is 0.314. The molecule has 0 unspecified atom stereocenters. The Kier molecular flexibility index (Phi) is 5.80. The van der Waals surface area contributed by atoms with Crippen LogP contribution in [-0.2, 0) is 27.5 Å². The van der Waals surface area contributed by atoms with Crippen LogP contribution in [-0.4, -0.2) is 13.1 Å². The molecule has 1 aromatic carbocycles. The second kappa shape index (κ2) is 7.39. The Morgan fingerprint density at radius 1 is 1.00 bits per heavy atom. The van der Waals surface area contributed by atoms with Gasteiger partial charge < -0.3 is 9.47 Å². The minimum atomic E-state index is -1.58. The first-order chi connectivity index (χ1) is 12.0. The first-order valence-electron chi connectivity index (χ1n) is 8.18. The molecule has 0 amide bonds. The van der Waals surface area contributed by atoms with Crippen molar-refractivity contribution < 1.29 is 31.8 Å². The number of methoxy groups -OCH3 is 1. The van der Waals surface area contributed by atoms with Crippen molar-refractivity contribution in [3.05, 3.63) is 46.0 Å². The van der Waals surface area contributed by atoms with Crippen LogP contribution in [0.25, 0.3) is 0 Å². The van der Waals surface area contributed by atoms with Gasteiger partial charge in [0.25, 0.3) is 0 Å². The molecule has 144 valence electrons. The average molecular weight is 374 g/mol. The van der Waals surface area contributed by atoms with Gasteiger partial charge in [0, 0.05) is 7.11 Å². The van der Waals surface area contributed by atoms with E-state index in [9.17, 15) is 22.4 Å². The molecular formula is C19H22F4O3. The third kappa shape index (κ3) is 3.63. The Morgan fingerprint density at radius 2 is 1.46 bits per heavy atom. The second-order valence-corrected chi connectivity index (χ2v) is 7.32. The maximum absolute atomic E-state index is 14.1. The zero-order valence-electron chi connectivity index (χ0n) is 15.4. The number of allylic oxidation sites excluding steroid dienone is 2. The number of benzene rings is 1. The number of rotatable bonds is 6. The van der Waals surface area contributed by atoms with Crippen LogP contribution in [0.3, 0.4) is 0 Å². The second-order valence-electron chi connectivity index (χ2n) is 7.32. The van der Waals surface area contributed by atoms with Gasteiger partial charge in [0.15, 0.2) is 23.3 Å². The van der Waals surface area contributed by atoms with Crippen LogP contribution in [0.4, 0.5) is 17.6 Å². The SMILES string of the molecule is COCc1c(F)c(F)c(COC(=O)[C@@H]2[C@H](C=C(C)C)C2(C)C)c(F)c1F. The molecular weight excluding hydrogens is 352 g/mol. The highest BCUT2D eigenvalue weighted by Crippen LogP contribution is 2.59. The molecule has 0 spiro atoms. The average Bonchev–Trinajstić information content (AvgIpc) is 3.09. The Bertz CT molecular complexity index is 723. The highest BCUT2D eigenvalue weighted by Gasteiger charge is 2.61. The summed E-state index contributed by atoms with van der Waals surface area (Å²) in [5.74, 6) is -7.44. The molecule has 0 bridgehead atoms. The molecule has 2 rings (SSSR count). The fourth-order valence-corrected chi connectivity index (χ4v) is 3.15. The molecule has 7 heteroatoms. The van der Waals surface area contributed by atoms with E-state index < -0.39 is 59.5 Å². The molecule has 3 nitrogen and oxygen atoms in total. The number of esters is 1. The Balaban J connectivity index is 2.18. The number of hydrogen-bond acceptors (Lipinski definition) is 3. The molecule has 0 aromatic heterocycles. The van der Waals surface area contributed by atoms with Crippen LogP contribution in [0, 0.1) is 40.5 Å². The molecule has 0 saturated heterocycles. The van der Waals surface area contributed by atoms with Crippen LogP contribution < -0.4 is 0 Å². The van der Waals surface area contributed by atoms with Gasteiger partial charge in [0.1, 0.15) is 6.61 Å². The van der Waals surface area contributed by atoms with Crippen molar-refractivity contribution in [1.29, 1.82) is 0 Å². The zero-order valence-corrected chi connectivity index (χ0v) is 15.4. The summed E-state index contributed by atoms with van der Waals surface area (Å²) < 4.78 is 65.4. The summed E-state index contributed by atoms with van der Waals surface area (Å²) in [4.78, 5) is 12.2. The third-order valence-corrected chi connectivity index (χ3v) is 4.77. The minimum absolute atomic E-state index is 0.0488. The van der Waals surface area contributed by atoms with Crippen molar-refractivity contribution in [3.63, 3.8) is 0 Å². The summed E-state index contributed by atoms with van der Waals surface area (Å²) in [7, 11) is 1.14. The Hall–Kier alpha value is -1.89. The van der Waals surface area contributed by atoms with Gasteiger partial charge in [-0.05, 0) is 25.2 Å². The van der Waals surface area contributed by atoms with Gasteiger partial charge in [-0.1, -0.05) is 25.5 Å². The first-order valence-corrected chi connectivity index (χ1v) is 8.18. The molecule has 1 aliphatic rings. The highest BCUT2D eigenvalue weighted by atomic mass is 19.2. The van der Waals surface area contributed by atoms with Crippen LogP contribution in [0.15, 0.2) is 11.6 Å². The molecule has 1 aromatic rings. The fraction of sp³-hybridized carbons (Fsp3) is 0.526. The summed E-state index contributed by atoms with van der Waals surface area (Å²) in [6, 6.07) is 0. The summed E-state index contributed by atoms with van der Waals surface area (Å²) >= 11 is 0. The van der Waals surface area contributed by atoms with Crippen molar-refractivity contribution in [2.45, 2.75) is 40.9 Å². The van der Waals surface area contributed by atoms with E-state index in [2.05, 4.69) is 4.74 Å². The van der Waals surface area contributed by atoms with Crippen molar-refractivity contribution >= 4 is 5.97 Å². The van der Waals surface area contributed by atoms with Gasteiger partial charge in [-0.15, -0.1) is 0 Å².